The molecule has 0 aliphatic carbocycles. The molecule has 0 aromatic heterocycles. The first kappa shape index (κ1) is 12.4. The Kier molecular flexibility index (Phi) is 3.80. The minimum Gasteiger partial charge on any atom is -0.433 e. The van der Waals surface area contributed by atoms with Gasteiger partial charge in [0.1, 0.15) is 11.6 Å². The van der Waals surface area contributed by atoms with E-state index in [1.807, 2.05) is 0 Å². The van der Waals surface area contributed by atoms with Gasteiger partial charge < -0.3 is 4.74 Å². The van der Waals surface area contributed by atoms with Crippen molar-refractivity contribution in [2.75, 3.05) is 0 Å². The quantitative estimate of drug-likeness (QED) is 0.769. The Morgan fingerprint density at radius 1 is 1.56 bits per heavy atom. The first-order chi connectivity index (χ1) is 7.47. The van der Waals surface area contributed by atoms with Crippen LogP contribution in [0.4, 0.5) is 8.78 Å². The fourth-order valence-corrected chi connectivity index (χ4v) is 1.34. The van der Waals surface area contributed by atoms with Crippen molar-refractivity contribution >= 4 is 17.4 Å². The molecule has 16 heavy (non-hydrogen) atoms. The molecule has 0 saturated heterocycles. The summed E-state index contributed by atoms with van der Waals surface area (Å²) in [7, 11) is 0. The fourth-order valence-electron chi connectivity index (χ4n) is 1.15. The number of rotatable bonds is 3. The smallest absolute Gasteiger partial charge is 0.387 e. The monoisotopic (exact) mass is 245 g/mol. The van der Waals surface area contributed by atoms with E-state index in [0.717, 1.165) is 0 Å². The molecule has 0 radical (unpaired) electrons. The molecule has 0 unspecified atom stereocenters. The van der Waals surface area contributed by atoms with Gasteiger partial charge in [-0.15, -0.1) is 0 Å². The van der Waals surface area contributed by atoms with Crippen LogP contribution in [0.25, 0.3) is 0 Å². The first-order valence-electron chi connectivity index (χ1n) is 4.15. The van der Waals surface area contributed by atoms with Gasteiger partial charge in [-0.3, -0.25) is 4.79 Å². The van der Waals surface area contributed by atoms with Crippen molar-refractivity contribution in [1.29, 1.82) is 5.26 Å². The minimum absolute atomic E-state index is 0.0387. The van der Waals surface area contributed by atoms with E-state index in [9.17, 15) is 13.6 Å². The number of nitrogens with zero attached hydrogens (tertiary/aromatic N) is 1. The van der Waals surface area contributed by atoms with Crippen molar-refractivity contribution in [1.82, 2.24) is 0 Å². The number of ketones is 1. The van der Waals surface area contributed by atoms with Crippen LogP contribution in [0.15, 0.2) is 12.1 Å². The topological polar surface area (TPSA) is 50.1 Å². The SMILES string of the molecule is CC(=O)c1ccc(Cl)c(C#N)c1OC(F)F. The third-order valence-corrected chi connectivity index (χ3v) is 2.12. The summed E-state index contributed by atoms with van der Waals surface area (Å²) >= 11 is 5.63. The van der Waals surface area contributed by atoms with Crippen molar-refractivity contribution in [3.8, 4) is 11.8 Å². The summed E-state index contributed by atoms with van der Waals surface area (Å²) in [5.74, 6) is -0.957. The Labute approximate surface area is 95.2 Å². The molecule has 0 heterocycles. The molecule has 0 bridgehead atoms. The lowest BCUT2D eigenvalue weighted by atomic mass is 10.1. The van der Waals surface area contributed by atoms with Crippen LogP contribution in [0, 0.1) is 11.3 Å². The molecule has 84 valence electrons. The summed E-state index contributed by atoms with van der Waals surface area (Å²) in [6.07, 6.45) is 0. The van der Waals surface area contributed by atoms with E-state index in [-0.39, 0.29) is 16.1 Å². The number of nitriles is 1. The predicted octanol–water partition coefficient (Wildman–Crippen LogP) is 3.02. The molecule has 0 saturated carbocycles. The second-order valence-electron chi connectivity index (χ2n) is 2.85. The third kappa shape index (κ3) is 2.47. The molecule has 0 fully saturated rings. The number of alkyl halides is 2. The van der Waals surface area contributed by atoms with Crippen molar-refractivity contribution in [2.24, 2.45) is 0 Å². The number of ether oxygens (including phenoxy) is 1. The van der Waals surface area contributed by atoms with Gasteiger partial charge in [0.25, 0.3) is 0 Å². The van der Waals surface area contributed by atoms with E-state index >= 15 is 0 Å². The number of benzene rings is 1. The van der Waals surface area contributed by atoms with Gasteiger partial charge in [-0.05, 0) is 19.1 Å². The van der Waals surface area contributed by atoms with E-state index in [1.54, 1.807) is 6.07 Å². The number of hydrogen-bond acceptors (Lipinski definition) is 3. The van der Waals surface area contributed by atoms with E-state index in [1.165, 1.54) is 19.1 Å². The van der Waals surface area contributed by atoms with Crippen LogP contribution in [-0.2, 0) is 0 Å². The fraction of sp³-hybridized carbons (Fsp3) is 0.200. The Morgan fingerprint density at radius 3 is 2.62 bits per heavy atom. The molecule has 0 N–H and O–H groups in total. The van der Waals surface area contributed by atoms with E-state index in [2.05, 4.69) is 4.74 Å². The Balaban J connectivity index is 3.42. The third-order valence-electron chi connectivity index (χ3n) is 1.80. The van der Waals surface area contributed by atoms with Crippen LogP contribution in [0.1, 0.15) is 22.8 Å². The largest absolute Gasteiger partial charge is 0.433 e. The number of Topliss-reactive ketones (excluding diaryl/α,β-unsaturated/α-hetero) is 1. The normalized spacial score (nSPS) is 10.0. The summed E-state index contributed by atoms with van der Waals surface area (Å²) < 4.78 is 28.4. The van der Waals surface area contributed by atoms with Crippen LogP contribution in [0.5, 0.6) is 5.75 Å². The van der Waals surface area contributed by atoms with Crippen molar-refractivity contribution in [2.45, 2.75) is 13.5 Å². The lowest BCUT2D eigenvalue weighted by Crippen LogP contribution is -2.08. The zero-order valence-corrected chi connectivity index (χ0v) is 8.89. The summed E-state index contributed by atoms with van der Waals surface area (Å²) in [6.45, 7) is -1.94. The Morgan fingerprint density at radius 2 is 2.19 bits per heavy atom. The molecule has 1 aromatic carbocycles. The predicted molar refractivity (Wildman–Crippen MR) is 52.8 cm³/mol. The summed E-state index contributed by atoms with van der Waals surface area (Å²) in [6, 6.07) is 4.15. The van der Waals surface area contributed by atoms with E-state index in [4.69, 9.17) is 16.9 Å². The second-order valence-corrected chi connectivity index (χ2v) is 3.25. The van der Waals surface area contributed by atoms with Gasteiger partial charge in [-0.2, -0.15) is 14.0 Å². The van der Waals surface area contributed by atoms with Crippen LogP contribution >= 0.6 is 11.6 Å². The van der Waals surface area contributed by atoms with Gasteiger partial charge >= 0.3 is 6.61 Å². The maximum absolute atomic E-state index is 12.1. The van der Waals surface area contributed by atoms with Crippen LogP contribution in [0.3, 0.4) is 0 Å². The van der Waals surface area contributed by atoms with Gasteiger partial charge in [-0.1, -0.05) is 11.6 Å². The maximum Gasteiger partial charge on any atom is 0.387 e. The minimum atomic E-state index is -3.12. The highest BCUT2D eigenvalue weighted by molar-refractivity contribution is 6.32. The van der Waals surface area contributed by atoms with Crippen LogP contribution in [0.2, 0.25) is 5.02 Å². The molecular formula is C10H6ClF2NO2. The summed E-state index contributed by atoms with van der Waals surface area (Å²) in [5.41, 5.74) is -0.365. The van der Waals surface area contributed by atoms with Gasteiger partial charge in [0.15, 0.2) is 11.5 Å². The van der Waals surface area contributed by atoms with Crippen LogP contribution in [-0.4, -0.2) is 12.4 Å². The molecule has 0 atom stereocenters. The standard InChI is InChI=1S/C10H6ClF2NO2/c1-5(15)6-2-3-8(11)7(4-14)9(6)16-10(12)13/h2-3,10H,1H3. The molecular weight excluding hydrogens is 240 g/mol. The van der Waals surface area contributed by atoms with Gasteiger partial charge in [0, 0.05) is 0 Å². The highest BCUT2D eigenvalue weighted by Gasteiger charge is 2.19. The summed E-state index contributed by atoms with van der Waals surface area (Å²) in [5, 5.41) is 8.71. The van der Waals surface area contributed by atoms with Gasteiger partial charge in [-0.25, -0.2) is 0 Å². The molecule has 6 heteroatoms. The van der Waals surface area contributed by atoms with Crippen molar-refractivity contribution in [3.05, 3.63) is 28.3 Å². The molecule has 0 amide bonds. The second kappa shape index (κ2) is 4.90. The Bertz CT molecular complexity index is 469. The molecule has 0 spiro atoms. The summed E-state index contributed by atoms with van der Waals surface area (Å²) in [4.78, 5) is 11.1. The van der Waals surface area contributed by atoms with Crippen molar-refractivity contribution < 1.29 is 18.3 Å². The van der Waals surface area contributed by atoms with E-state index < -0.39 is 18.1 Å². The lowest BCUT2D eigenvalue weighted by Gasteiger charge is -2.11. The molecule has 1 rings (SSSR count). The zero-order valence-electron chi connectivity index (χ0n) is 8.13. The lowest BCUT2D eigenvalue weighted by molar-refractivity contribution is -0.0503. The first-order valence-corrected chi connectivity index (χ1v) is 4.53. The van der Waals surface area contributed by atoms with Gasteiger partial charge in [0.2, 0.25) is 0 Å². The highest BCUT2D eigenvalue weighted by atomic mass is 35.5. The van der Waals surface area contributed by atoms with Crippen LogP contribution < -0.4 is 4.74 Å². The van der Waals surface area contributed by atoms with E-state index in [0.29, 0.717) is 0 Å². The average molecular weight is 246 g/mol. The average Bonchev–Trinajstić information content (AvgIpc) is 2.16. The number of halogens is 3. The van der Waals surface area contributed by atoms with Gasteiger partial charge in [0.05, 0.1) is 10.6 Å². The van der Waals surface area contributed by atoms with Crippen molar-refractivity contribution in [3.63, 3.8) is 0 Å². The zero-order chi connectivity index (χ0) is 12.3. The maximum atomic E-state index is 12.1. The Hall–Kier alpha value is -1.67. The molecule has 0 aliphatic heterocycles. The molecule has 0 aliphatic rings. The highest BCUT2D eigenvalue weighted by Crippen LogP contribution is 2.31. The number of hydrogen-bond donors (Lipinski definition) is 0. The molecule has 1 aromatic rings. The number of carbonyl (C=O) groups is 1. The molecule has 3 nitrogen and oxygen atoms in total. The number of carbonyl (C=O) groups excluding carboxylic acids is 1.